The van der Waals surface area contributed by atoms with Gasteiger partial charge in [-0.25, -0.2) is 18.4 Å². The predicted molar refractivity (Wildman–Crippen MR) is 86.3 cm³/mol. The van der Waals surface area contributed by atoms with Crippen LogP contribution < -0.4 is 5.32 Å². The summed E-state index contributed by atoms with van der Waals surface area (Å²) in [6.45, 7) is 6.29. The fourth-order valence-corrected chi connectivity index (χ4v) is 2.50. The second kappa shape index (κ2) is 6.42. The van der Waals surface area contributed by atoms with Crippen molar-refractivity contribution in [1.29, 1.82) is 0 Å². The number of rotatable bonds is 4. The number of amidine groups is 1. The Balaban J connectivity index is 2.29. The molecule has 0 saturated carbocycles. The zero-order valence-electron chi connectivity index (χ0n) is 14.4. The molecule has 0 radical (unpaired) electrons. The lowest BCUT2D eigenvalue weighted by Crippen LogP contribution is -2.57. The SMILES string of the molecule is CC(C)(C)OC(=O)C1N=C(Cc2cc(F)cc(F)c2)NC1(C)C(=O)O. The van der Waals surface area contributed by atoms with E-state index in [-0.39, 0.29) is 17.8 Å². The first-order valence-corrected chi connectivity index (χ1v) is 7.67. The van der Waals surface area contributed by atoms with E-state index in [1.165, 1.54) is 6.92 Å². The van der Waals surface area contributed by atoms with Crippen LogP contribution in [-0.4, -0.2) is 40.1 Å². The number of carboxylic acids is 1. The first-order valence-electron chi connectivity index (χ1n) is 7.67. The van der Waals surface area contributed by atoms with Gasteiger partial charge in [-0.15, -0.1) is 0 Å². The molecule has 0 saturated heterocycles. The molecule has 136 valence electrons. The summed E-state index contributed by atoms with van der Waals surface area (Å²) < 4.78 is 31.8. The summed E-state index contributed by atoms with van der Waals surface area (Å²) in [4.78, 5) is 28.1. The maximum absolute atomic E-state index is 13.3. The third-order valence-electron chi connectivity index (χ3n) is 3.60. The number of carboxylic acid groups (broad SMARTS) is 1. The minimum atomic E-state index is -1.70. The molecule has 0 aliphatic carbocycles. The van der Waals surface area contributed by atoms with E-state index in [0.717, 1.165) is 18.2 Å². The molecule has 0 aromatic heterocycles. The second-order valence-electron chi connectivity index (χ2n) is 7.10. The predicted octanol–water partition coefficient (Wildman–Crippen LogP) is 2.06. The van der Waals surface area contributed by atoms with Crippen molar-refractivity contribution >= 4 is 17.8 Å². The normalized spacial score (nSPS) is 23.0. The van der Waals surface area contributed by atoms with E-state index in [1.54, 1.807) is 20.8 Å². The van der Waals surface area contributed by atoms with Crippen molar-refractivity contribution in [2.75, 3.05) is 0 Å². The molecule has 2 N–H and O–H groups in total. The Morgan fingerprint density at radius 3 is 2.32 bits per heavy atom. The number of hydrogen-bond acceptors (Lipinski definition) is 5. The van der Waals surface area contributed by atoms with Crippen molar-refractivity contribution in [2.45, 2.75) is 51.3 Å². The number of nitrogens with zero attached hydrogens (tertiary/aromatic N) is 1. The van der Waals surface area contributed by atoms with Crippen LogP contribution in [0.1, 0.15) is 33.3 Å². The number of carbonyl (C=O) groups excluding carboxylic acids is 1. The lowest BCUT2D eigenvalue weighted by molar-refractivity contribution is -0.162. The van der Waals surface area contributed by atoms with Gasteiger partial charge in [0.05, 0.1) is 0 Å². The van der Waals surface area contributed by atoms with Gasteiger partial charge in [-0.1, -0.05) is 0 Å². The molecule has 2 rings (SSSR count). The first-order chi connectivity index (χ1) is 11.4. The standard InChI is InChI=1S/C17H20F2N2O4/c1-16(2,3)25-14(22)13-17(4,15(23)24)21-12(20-13)7-9-5-10(18)8-11(19)6-9/h5-6,8,13H,7H2,1-4H3,(H,20,21)(H,23,24). The van der Waals surface area contributed by atoms with Crippen LogP contribution in [0.25, 0.3) is 0 Å². The van der Waals surface area contributed by atoms with Gasteiger partial charge in [0.25, 0.3) is 0 Å². The molecule has 8 heteroatoms. The number of aliphatic imine (C=N–C) groups is 1. The number of benzene rings is 1. The van der Waals surface area contributed by atoms with E-state index < -0.39 is 40.8 Å². The Morgan fingerprint density at radius 2 is 1.84 bits per heavy atom. The summed E-state index contributed by atoms with van der Waals surface area (Å²) in [6.07, 6.45) is -0.0448. The van der Waals surface area contributed by atoms with Crippen molar-refractivity contribution in [3.05, 3.63) is 35.4 Å². The highest BCUT2D eigenvalue weighted by Crippen LogP contribution is 2.25. The molecule has 0 spiro atoms. The molecule has 2 atom stereocenters. The van der Waals surface area contributed by atoms with Gasteiger partial charge in [0.1, 0.15) is 23.1 Å². The lowest BCUT2D eigenvalue weighted by Gasteiger charge is -2.28. The first kappa shape index (κ1) is 18.8. The maximum Gasteiger partial charge on any atom is 0.334 e. The summed E-state index contributed by atoms with van der Waals surface area (Å²) in [5, 5.41) is 12.2. The molecule has 0 fully saturated rings. The third kappa shape index (κ3) is 4.32. The summed E-state index contributed by atoms with van der Waals surface area (Å²) >= 11 is 0. The van der Waals surface area contributed by atoms with Crippen molar-refractivity contribution < 1.29 is 28.2 Å². The number of nitrogens with one attached hydrogen (secondary N) is 1. The third-order valence-corrected chi connectivity index (χ3v) is 3.60. The van der Waals surface area contributed by atoms with Gasteiger partial charge < -0.3 is 15.2 Å². The Kier molecular flexibility index (Phi) is 4.83. The Bertz CT molecular complexity index is 722. The van der Waals surface area contributed by atoms with E-state index in [2.05, 4.69) is 10.3 Å². The Labute approximate surface area is 143 Å². The molecule has 1 aliphatic rings. The number of hydrogen-bond donors (Lipinski definition) is 2. The number of esters is 1. The lowest BCUT2D eigenvalue weighted by atomic mass is 9.94. The van der Waals surface area contributed by atoms with Gasteiger partial charge in [-0.05, 0) is 45.4 Å². The summed E-state index contributed by atoms with van der Waals surface area (Å²) in [5.41, 5.74) is -2.24. The number of carbonyl (C=O) groups is 2. The quantitative estimate of drug-likeness (QED) is 0.808. The number of ether oxygens (including phenoxy) is 1. The van der Waals surface area contributed by atoms with Gasteiger partial charge in [0.15, 0.2) is 11.6 Å². The molecule has 25 heavy (non-hydrogen) atoms. The molecule has 0 bridgehead atoms. The van der Waals surface area contributed by atoms with Gasteiger partial charge >= 0.3 is 11.9 Å². The van der Waals surface area contributed by atoms with Gasteiger partial charge in [0.2, 0.25) is 0 Å². The smallest absolute Gasteiger partial charge is 0.334 e. The highest BCUT2D eigenvalue weighted by molar-refractivity contribution is 6.01. The fraction of sp³-hybridized carbons (Fsp3) is 0.471. The summed E-state index contributed by atoms with van der Waals surface area (Å²) in [7, 11) is 0. The van der Waals surface area contributed by atoms with E-state index in [4.69, 9.17) is 4.74 Å². The Morgan fingerprint density at radius 1 is 1.28 bits per heavy atom. The molecule has 6 nitrogen and oxygen atoms in total. The molecule has 1 aromatic carbocycles. The topological polar surface area (TPSA) is 88.0 Å². The van der Waals surface area contributed by atoms with Crippen molar-refractivity contribution in [2.24, 2.45) is 4.99 Å². The minimum absolute atomic E-state index is 0.0448. The van der Waals surface area contributed by atoms with Crippen LogP contribution in [0.5, 0.6) is 0 Å². The van der Waals surface area contributed by atoms with E-state index in [9.17, 15) is 23.5 Å². The summed E-state index contributed by atoms with van der Waals surface area (Å²) in [6, 6.07) is 1.66. The molecule has 2 unspecified atom stereocenters. The van der Waals surface area contributed by atoms with Crippen LogP contribution in [0, 0.1) is 11.6 Å². The van der Waals surface area contributed by atoms with Crippen molar-refractivity contribution in [3.63, 3.8) is 0 Å². The monoisotopic (exact) mass is 354 g/mol. The van der Waals surface area contributed by atoms with Crippen molar-refractivity contribution in [3.8, 4) is 0 Å². The second-order valence-corrected chi connectivity index (χ2v) is 7.10. The average molecular weight is 354 g/mol. The molecular formula is C17H20F2N2O4. The van der Waals surface area contributed by atoms with Crippen LogP contribution in [0.15, 0.2) is 23.2 Å². The average Bonchev–Trinajstić information content (AvgIpc) is 2.74. The molecule has 1 heterocycles. The zero-order chi connectivity index (χ0) is 19.0. The Hall–Kier alpha value is -2.51. The maximum atomic E-state index is 13.3. The molecule has 1 aromatic rings. The largest absolute Gasteiger partial charge is 0.479 e. The van der Waals surface area contributed by atoms with Crippen LogP contribution in [0.3, 0.4) is 0 Å². The van der Waals surface area contributed by atoms with Crippen LogP contribution in [0.4, 0.5) is 8.78 Å². The van der Waals surface area contributed by atoms with Gasteiger partial charge in [-0.3, -0.25) is 4.99 Å². The van der Waals surface area contributed by atoms with Crippen LogP contribution in [0.2, 0.25) is 0 Å². The highest BCUT2D eigenvalue weighted by Gasteiger charge is 2.52. The van der Waals surface area contributed by atoms with Crippen molar-refractivity contribution in [1.82, 2.24) is 5.32 Å². The van der Waals surface area contributed by atoms with E-state index >= 15 is 0 Å². The fourth-order valence-electron chi connectivity index (χ4n) is 2.50. The number of aliphatic carboxylic acids is 1. The molecule has 0 amide bonds. The van der Waals surface area contributed by atoms with Gasteiger partial charge in [0, 0.05) is 12.5 Å². The molecule has 1 aliphatic heterocycles. The zero-order valence-corrected chi connectivity index (χ0v) is 14.4. The number of halogens is 2. The van der Waals surface area contributed by atoms with Gasteiger partial charge in [-0.2, -0.15) is 0 Å². The summed E-state index contributed by atoms with van der Waals surface area (Å²) in [5.74, 6) is -3.43. The highest BCUT2D eigenvalue weighted by atomic mass is 19.1. The van der Waals surface area contributed by atoms with Crippen LogP contribution in [-0.2, 0) is 20.7 Å². The molecular weight excluding hydrogens is 334 g/mol. The van der Waals surface area contributed by atoms with E-state index in [1.807, 2.05) is 0 Å². The minimum Gasteiger partial charge on any atom is -0.479 e. The van der Waals surface area contributed by atoms with E-state index in [0.29, 0.717) is 0 Å². The van der Waals surface area contributed by atoms with Crippen LogP contribution >= 0.6 is 0 Å².